The molecule has 1 atom stereocenters. The molecule has 0 bridgehead atoms. The van der Waals surface area contributed by atoms with Crippen molar-refractivity contribution in [1.82, 2.24) is 5.32 Å². The number of benzene rings is 2. The first-order chi connectivity index (χ1) is 10.0. The summed E-state index contributed by atoms with van der Waals surface area (Å²) in [5, 5.41) is 3.37. The van der Waals surface area contributed by atoms with Crippen molar-refractivity contribution < 1.29 is 13.6 Å². The zero-order valence-corrected chi connectivity index (χ0v) is 13.0. The monoisotopic (exact) mass is 353 g/mol. The third-order valence-electron chi connectivity index (χ3n) is 3.14. The zero-order chi connectivity index (χ0) is 15.4. The highest BCUT2D eigenvalue weighted by Crippen LogP contribution is 2.18. The van der Waals surface area contributed by atoms with E-state index in [1.807, 2.05) is 12.1 Å². The lowest BCUT2D eigenvalue weighted by molar-refractivity contribution is 0.0939. The Hall–Kier alpha value is -1.75. The van der Waals surface area contributed by atoms with Crippen LogP contribution in [0.15, 0.2) is 42.5 Å². The van der Waals surface area contributed by atoms with Crippen molar-refractivity contribution in [2.45, 2.75) is 18.3 Å². The van der Waals surface area contributed by atoms with E-state index in [1.165, 1.54) is 0 Å². The average molecular weight is 354 g/mol. The van der Waals surface area contributed by atoms with E-state index in [0.29, 0.717) is 10.9 Å². The molecule has 5 heteroatoms. The van der Waals surface area contributed by atoms with E-state index in [9.17, 15) is 13.6 Å². The van der Waals surface area contributed by atoms with Gasteiger partial charge in [-0.05, 0) is 42.8 Å². The summed E-state index contributed by atoms with van der Waals surface area (Å²) in [6.07, 6.45) is 0. The molecule has 0 aromatic heterocycles. The number of halogens is 3. The van der Waals surface area contributed by atoms with E-state index in [0.717, 1.165) is 23.8 Å². The van der Waals surface area contributed by atoms with Gasteiger partial charge in [-0.25, -0.2) is 8.78 Å². The molecule has 0 saturated carbocycles. The summed E-state index contributed by atoms with van der Waals surface area (Å²) < 4.78 is 26.8. The highest BCUT2D eigenvalue weighted by Gasteiger charge is 2.15. The van der Waals surface area contributed by atoms with E-state index in [-0.39, 0.29) is 11.5 Å². The van der Waals surface area contributed by atoms with Crippen LogP contribution in [0.2, 0.25) is 0 Å². The number of hydrogen-bond donors (Lipinski definition) is 1. The number of nitrogens with one attached hydrogen (secondary N) is 1. The highest BCUT2D eigenvalue weighted by atomic mass is 79.9. The maximum Gasteiger partial charge on any atom is 0.251 e. The Morgan fingerprint density at radius 2 is 1.86 bits per heavy atom. The van der Waals surface area contributed by atoms with Gasteiger partial charge in [0.05, 0.1) is 6.04 Å². The first kappa shape index (κ1) is 15.6. The lowest BCUT2D eigenvalue weighted by Crippen LogP contribution is -2.27. The van der Waals surface area contributed by atoms with Crippen LogP contribution in [0.25, 0.3) is 0 Å². The van der Waals surface area contributed by atoms with Crippen molar-refractivity contribution in [2.24, 2.45) is 0 Å². The largest absolute Gasteiger partial charge is 0.345 e. The van der Waals surface area contributed by atoms with Gasteiger partial charge in [0.25, 0.3) is 5.91 Å². The van der Waals surface area contributed by atoms with E-state index in [1.54, 1.807) is 19.1 Å². The first-order valence-electron chi connectivity index (χ1n) is 6.42. The fourth-order valence-electron chi connectivity index (χ4n) is 1.95. The second-order valence-corrected chi connectivity index (χ2v) is 5.25. The molecule has 0 aliphatic heterocycles. The normalized spacial score (nSPS) is 12.0. The first-order valence-corrected chi connectivity index (χ1v) is 7.54. The molecule has 2 aromatic carbocycles. The molecule has 0 aliphatic rings. The summed E-state index contributed by atoms with van der Waals surface area (Å²) in [4.78, 5) is 12.1. The lowest BCUT2D eigenvalue weighted by Gasteiger charge is -2.15. The molecule has 0 spiro atoms. The smallest absolute Gasteiger partial charge is 0.251 e. The zero-order valence-electron chi connectivity index (χ0n) is 11.4. The van der Waals surface area contributed by atoms with E-state index >= 15 is 0 Å². The van der Waals surface area contributed by atoms with Crippen molar-refractivity contribution in [3.8, 4) is 0 Å². The van der Waals surface area contributed by atoms with Crippen molar-refractivity contribution in [1.29, 1.82) is 0 Å². The van der Waals surface area contributed by atoms with Crippen molar-refractivity contribution in [3.63, 3.8) is 0 Å². The van der Waals surface area contributed by atoms with Crippen LogP contribution in [0.3, 0.4) is 0 Å². The molecule has 0 radical (unpaired) electrons. The number of hydrogen-bond acceptors (Lipinski definition) is 1. The Labute approximate surface area is 130 Å². The number of carbonyl (C=O) groups excluding carboxylic acids is 1. The quantitative estimate of drug-likeness (QED) is 0.813. The number of carbonyl (C=O) groups is 1. The van der Waals surface area contributed by atoms with Crippen LogP contribution in [0, 0.1) is 11.6 Å². The summed E-state index contributed by atoms with van der Waals surface area (Å²) in [5.74, 6) is -1.40. The van der Waals surface area contributed by atoms with Gasteiger partial charge in [-0.2, -0.15) is 0 Å². The standard InChI is InChI=1S/C16H14BrF2NO/c1-10(14-8-13(18)6-7-15(14)19)20-16(21)12-4-2-11(9-17)3-5-12/h2-8,10H,9H2,1H3,(H,20,21). The molecule has 21 heavy (non-hydrogen) atoms. The molecular formula is C16H14BrF2NO. The summed E-state index contributed by atoms with van der Waals surface area (Å²) in [6, 6.07) is 9.62. The van der Waals surface area contributed by atoms with Gasteiger partial charge >= 0.3 is 0 Å². The minimum absolute atomic E-state index is 0.125. The third-order valence-corrected chi connectivity index (χ3v) is 3.79. The van der Waals surface area contributed by atoms with Gasteiger partial charge in [0, 0.05) is 16.5 Å². The van der Waals surface area contributed by atoms with Crippen molar-refractivity contribution >= 4 is 21.8 Å². The maximum atomic E-state index is 13.6. The van der Waals surface area contributed by atoms with Crippen LogP contribution in [-0.2, 0) is 5.33 Å². The van der Waals surface area contributed by atoms with Crippen LogP contribution in [-0.4, -0.2) is 5.91 Å². The van der Waals surface area contributed by atoms with Gasteiger partial charge in [-0.1, -0.05) is 28.1 Å². The van der Waals surface area contributed by atoms with Gasteiger partial charge in [0.2, 0.25) is 0 Å². The predicted molar refractivity (Wildman–Crippen MR) is 81.3 cm³/mol. The molecule has 2 nitrogen and oxygen atoms in total. The minimum atomic E-state index is -0.621. The van der Waals surface area contributed by atoms with E-state index in [4.69, 9.17) is 0 Å². The Morgan fingerprint density at radius 3 is 2.48 bits per heavy atom. The fourth-order valence-corrected chi connectivity index (χ4v) is 2.32. The van der Waals surface area contributed by atoms with Gasteiger partial charge in [0.1, 0.15) is 11.6 Å². The molecular weight excluding hydrogens is 340 g/mol. The highest BCUT2D eigenvalue weighted by molar-refractivity contribution is 9.08. The molecule has 110 valence electrons. The molecule has 0 saturated heterocycles. The molecule has 2 rings (SSSR count). The van der Waals surface area contributed by atoms with Crippen LogP contribution in [0.1, 0.15) is 34.5 Å². The summed E-state index contributed by atoms with van der Waals surface area (Å²) in [7, 11) is 0. The summed E-state index contributed by atoms with van der Waals surface area (Å²) in [6.45, 7) is 1.61. The van der Waals surface area contributed by atoms with E-state index in [2.05, 4.69) is 21.2 Å². The second kappa shape index (κ2) is 6.80. The van der Waals surface area contributed by atoms with E-state index < -0.39 is 17.7 Å². The molecule has 2 aromatic rings. The Balaban J connectivity index is 2.12. The third kappa shape index (κ3) is 3.88. The Morgan fingerprint density at radius 1 is 1.19 bits per heavy atom. The molecule has 0 aliphatic carbocycles. The molecule has 0 fully saturated rings. The number of amides is 1. The van der Waals surface area contributed by atoms with Gasteiger partial charge in [0.15, 0.2) is 0 Å². The number of rotatable bonds is 4. The lowest BCUT2D eigenvalue weighted by atomic mass is 10.1. The molecule has 0 heterocycles. The predicted octanol–water partition coefficient (Wildman–Crippen LogP) is 4.35. The minimum Gasteiger partial charge on any atom is -0.345 e. The van der Waals surface area contributed by atoms with Crippen molar-refractivity contribution in [2.75, 3.05) is 0 Å². The Kier molecular flexibility index (Phi) is 5.07. The van der Waals surface area contributed by atoms with Gasteiger partial charge < -0.3 is 5.32 Å². The van der Waals surface area contributed by atoms with Crippen molar-refractivity contribution in [3.05, 3.63) is 70.8 Å². The van der Waals surface area contributed by atoms with Crippen LogP contribution >= 0.6 is 15.9 Å². The van der Waals surface area contributed by atoms with Crippen LogP contribution in [0.4, 0.5) is 8.78 Å². The molecule has 1 amide bonds. The second-order valence-electron chi connectivity index (χ2n) is 4.69. The number of alkyl halides is 1. The summed E-state index contributed by atoms with van der Waals surface area (Å²) >= 11 is 3.33. The Bertz CT molecular complexity index is 643. The SMILES string of the molecule is CC(NC(=O)c1ccc(CBr)cc1)c1cc(F)ccc1F. The molecule has 1 N–H and O–H groups in total. The fraction of sp³-hybridized carbons (Fsp3) is 0.188. The topological polar surface area (TPSA) is 29.1 Å². The maximum absolute atomic E-state index is 13.6. The van der Waals surface area contributed by atoms with Gasteiger partial charge in [-0.3, -0.25) is 4.79 Å². The van der Waals surface area contributed by atoms with Crippen LogP contribution in [0.5, 0.6) is 0 Å². The molecule has 1 unspecified atom stereocenters. The summed E-state index contributed by atoms with van der Waals surface area (Å²) in [5.41, 5.74) is 1.65. The van der Waals surface area contributed by atoms with Gasteiger partial charge in [-0.15, -0.1) is 0 Å². The van der Waals surface area contributed by atoms with Crippen LogP contribution < -0.4 is 5.32 Å². The average Bonchev–Trinajstić information content (AvgIpc) is 2.49.